The second-order valence-corrected chi connectivity index (χ2v) is 8.45. The van der Waals surface area contributed by atoms with Gasteiger partial charge in [-0.05, 0) is 18.4 Å². The van der Waals surface area contributed by atoms with E-state index in [-0.39, 0.29) is 0 Å². The molecular formula is C27H49ClO. The zero-order valence-electron chi connectivity index (χ0n) is 19.6. The summed E-state index contributed by atoms with van der Waals surface area (Å²) in [5, 5.41) is 0. The minimum Gasteiger partial charge on any atom is -0.381 e. The molecule has 0 aliphatic carbocycles. The fourth-order valence-corrected chi connectivity index (χ4v) is 3.52. The van der Waals surface area contributed by atoms with Crippen LogP contribution in [0.3, 0.4) is 0 Å². The zero-order valence-corrected chi connectivity index (χ0v) is 20.4. The van der Waals surface area contributed by atoms with Gasteiger partial charge in [-0.3, -0.25) is 0 Å². The van der Waals surface area contributed by atoms with Crippen LogP contribution in [0.15, 0.2) is 30.3 Å². The molecule has 0 N–H and O–H groups in total. The van der Waals surface area contributed by atoms with Crippen LogP contribution in [0.1, 0.15) is 122 Å². The van der Waals surface area contributed by atoms with Crippen molar-refractivity contribution in [2.75, 3.05) is 13.2 Å². The number of hydrogen-bond donors (Lipinski definition) is 0. The van der Waals surface area contributed by atoms with Gasteiger partial charge in [0.25, 0.3) is 0 Å². The summed E-state index contributed by atoms with van der Waals surface area (Å²) in [5.41, 5.74) is 1.18. The van der Waals surface area contributed by atoms with Gasteiger partial charge in [-0.1, -0.05) is 134 Å². The van der Waals surface area contributed by atoms with Crippen LogP contribution in [0.5, 0.6) is 0 Å². The number of hydrogen-bond acceptors (Lipinski definition) is 1. The molecule has 0 aliphatic rings. The highest BCUT2D eigenvalue weighted by Crippen LogP contribution is 2.10. The molecule has 1 aromatic rings. The number of alkyl halides is 1. The van der Waals surface area contributed by atoms with Crippen molar-refractivity contribution in [2.45, 2.75) is 122 Å². The van der Waals surface area contributed by atoms with Crippen molar-refractivity contribution in [2.24, 2.45) is 0 Å². The maximum absolute atomic E-state index is 5.72. The van der Waals surface area contributed by atoms with Crippen molar-refractivity contribution in [1.29, 1.82) is 0 Å². The molecule has 1 nitrogen and oxygen atoms in total. The molecule has 0 saturated carbocycles. The quantitative estimate of drug-likeness (QED) is 0.158. The van der Waals surface area contributed by atoms with Crippen molar-refractivity contribution in [3.8, 4) is 0 Å². The highest BCUT2D eigenvalue weighted by molar-refractivity contribution is 6.17. The molecule has 170 valence electrons. The first-order valence-corrected chi connectivity index (χ1v) is 13.1. The number of halogens is 1. The molecule has 0 fully saturated rings. The van der Waals surface area contributed by atoms with Crippen LogP contribution < -0.4 is 0 Å². The summed E-state index contributed by atoms with van der Waals surface area (Å²) in [4.78, 5) is 0. The molecule has 0 heterocycles. The van der Waals surface area contributed by atoms with E-state index in [2.05, 4.69) is 13.8 Å². The SMILES string of the molecule is CCCCCCCCCCOCCCCCCCCCC.ClCc1ccccc1. The summed E-state index contributed by atoms with van der Waals surface area (Å²) in [7, 11) is 0. The summed E-state index contributed by atoms with van der Waals surface area (Å²) in [5.74, 6) is 0.612. The summed E-state index contributed by atoms with van der Waals surface area (Å²) >= 11 is 5.53. The largest absolute Gasteiger partial charge is 0.381 e. The van der Waals surface area contributed by atoms with Crippen LogP contribution in [-0.4, -0.2) is 13.2 Å². The molecule has 29 heavy (non-hydrogen) atoms. The second kappa shape index (κ2) is 25.5. The Hall–Kier alpha value is -0.530. The summed E-state index contributed by atoms with van der Waals surface area (Å²) in [6.07, 6.45) is 22.2. The molecule has 0 atom stereocenters. The van der Waals surface area contributed by atoms with Gasteiger partial charge >= 0.3 is 0 Å². The van der Waals surface area contributed by atoms with Gasteiger partial charge in [0.05, 0.1) is 0 Å². The van der Waals surface area contributed by atoms with Gasteiger partial charge in [0.1, 0.15) is 0 Å². The third kappa shape index (κ3) is 23.6. The Kier molecular flexibility index (Phi) is 25.0. The lowest BCUT2D eigenvalue weighted by atomic mass is 10.1. The Morgan fingerprint density at radius 3 is 1.28 bits per heavy atom. The number of benzene rings is 1. The maximum Gasteiger partial charge on any atom is 0.0474 e. The maximum atomic E-state index is 5.72. The van der Waals surface area contributed by atoms with Crippen molar-refractivity contribution in [3.05, 3.63) is 35.9 Å². The van der Waals surface area contributed by atoms with Crippen molar-refractivity contribution in [3.63, 3.8) is 0 Å². The van der Waals surface area contributed by atoms with E-state index < -0.39 is 0 Å². The van der Waals surface area contributed by atoms with E-state index in [1.807, 2.05) is 30.3 Å². The predicted molar refractivity (Wildman–Crippen MR) is 132 cm³/mol. The smallest absolute Gasteiger partial charge is 0.0474 e. The van der Waals surface area contributed by atoms with Gasteiger partial charge in [0.15, 0.2) is 0 Å². The van der Waals surface area contributed by atoms with Crippen LogP contribution in [-0.2, 0) is 10.6 Å². The summed E-state index contributed by atoms with van der Waals surface area (Å²) < 4.78 is 5.72. The van der Waals surface area contributed by atoms with Gasteiger partial charge in [0.2, 0.25) is 0 Å². The molecule has 0 aromatic heterocycles. The van der Waals surface area contributed by atoms with Crippen molar-refractivity contribution >= 4 is 11.6 Å². The van der Waals surface area contributed by atoms with E-state index in [0.717, 1.165) is 13.2 Å². The minimum absolute atomic E-state index is 0.612. The van der Waals surface area contributed by atoms with Gasteiger partial charge in [-0.15, -0.1) is 11.6 Å². The van der Waals surface area contributed by atoms with Crippen LogP contribution in [0, 0.1) is 0 Å². The van der Waals surface area contributed by atoms with E-state index in [1.165, 1.54) is 108 Å². The summed E-state index contributed by atoms with van der Waals surface area (Å²) in [6, 6.07) is 9.96. The van der Waals surface area contributed by atoms with E-state index in [1.54, 1.807) is 0 Å². The minimum atomic E-state index is 0.612. The Balaban J connectivity index is 0.000000807. The number of ether oxygens (including phenoxy) is 1. The average molecular weight is 425 g/mol. The van der Waals surface area contributed by atoms with Crippen LogP contribution in [0.2, 0.25) is 0 Å². The van der Waals surface area contributed by atoms with Crippen LogP contribution in [0.4, 0.5) is 0 Å². The lowest BCUT2D eigenvalue weighted by molar-refractivity contribution is 0.125. The second-order valence-electron chi connectivity index (χ2n) is 8.18. The molecule has 1 aromatic carbocycles. The number of rotatable bonds is 19. The third-order valence-electron chi connectivity index (χ3n) is 5.28. The lowest BCUT2D eigenvalue weighted by Gasteiger charge is -2.05. The monoisotopic (exact) mass is 424 g/mol. The van der Waals surface area contributed by atoms with E-state index in [0.29, 0.717) is 5.88 Å². The molecular weight excluding hydrogens is 376 g/mol. The van der Waals surface area contributed by atoms with E-state index >= 15 is 0 Å². The van der Waals surface area contributed by atoms with Crippen LogP contribution >= 0.6 is 11.6 Å². The first kappa shape index (κ1) is 28.5. The van der Waals surface area contributed by atoms with Gasteiger partial charge in [0, 0.05) is 19.1 Å². The summed E-state index contributed by atoms with van der Waals surface area (Å²) in [6.45, 7) is 6.55. The van der Waals surface area contributed by atoms with Gasteiger partial charge < -0.3 is 4.74 Å². The van der Waals surface area contributed by atoms with E-state index in [9.17, 15) is 0 Å². The molecule has 1 rings (SSSR count). The Morgan fingerprint density at radius 1 is 0.552 bits per heavy atom. The third-order valence-corrected chi connectivity index (χ3v) is 5.59. The predicted octanol–water partition coefficient (Wildman–Crippen LogP) is 9.71. The first-order valence-electron chi connectivity index (χ1n) is 12.5. The molecule has 0 aliphatic heterocycles. The lowest BCUT2D eigenvalue weighted by Crippen LogP contribution is -1.97. The molecule has 0 saturated heterocycles. The first-order chi connectivity index (χ1) is 14.3. The average Bonchev–Trinajstić information content (AvgIpc) is 2.77. The highest BCUT2D eigenvalue weighted by Gasteiger charge is 1.94. The fourth-order valence-electron chi connectivity index (χ4n) is 3.35. The van der Waals surface area contributed by atoms with Crippen molar-refractivity contribution < 1.29 is 4.74 Å². The fraction of sp³-hybridized carbons (Fsp3) is 0.778. The van der Waals surface area contributed by atoms with Crippen molar-refractivity contribution in [1.82, 2.24) is 0 Å². The van der Waals surface area contributed by atoms with E-state index in [4.69, 9.17) is 16.3 Å². The normalized spacial score (nSPS) is 10.6. The Labute approximate surface area is 188 Å². The molecule has 2 heteroatoms. The van der Waals surface area contributed by atoms with Gasteiger partial charge in [-0.2, -0.15) is 0 Å². The Bertz CT molecular complexity index is 375. The topological polar surface area (TPSA) is 9.23 Å². The zero-order chi connectivity index (χ0) is 21.3. The van der Waals surface area contributed by atoms with Gasteiger partial charge in [-0.25, -0.2) is 0 Å². The number of unbranched alkanes of at least 4 members (excludes halogenated alkanes) is 14. The molecule has 0 unspecified atom stereocenters. The standard InChI is InChI=1S/C20H42O.C7H7Cl/c1-3-5-7-9-11-13-15-17-19-21-20-18-16-14-12-10-8-6-4-2;8-6-7-4-2-1-3-5-7/h3-20H2,1-2H3;1-5H,6H2. The molecule has 0 bridgehead atoms. The molecule has 0 spiro atoms. The molecule has 0 amide bonds. The molecule has 0 radical (unpaired) electrons. The highest BCUT2D eigenvalue weighted by atomic mass is 35.5. The Morgan fingerprint density at radius 2 is 0.931 bits per heavy atom. The van der Waals surface area contributed by atoms with Crippen LogP contribution in [0.25, 0.3) is 0 Å².